The molecule has 104 valence electrons. The Kier molecular flexibility index (Phi) is 18.8. The fourth-order valence-electron chi connectivity index (χ4n) is 1.62. The molecule has 0 rings (SSSR count). The van der Waals surface area contributed by atoms with Crippen LogP contribution in [0.1, 0.15) is 41.0 Å². The van der Waals surface area contributed by atoms with Crippen molar-refractivity contribution in [2.75, 3.05) is 19.3 Å². The zero-order valence-electron chi connectivity index (χ0n) is 11.0. The maximum atomic E-state index is 3.49. The third-order valence-electron chi connectivity index (χ3n) is 2.30. The molecule has 1 nitrogen and oxygen atoms in total. The Morgan fingerprint density at radius 3 is 1.81 bits per heavy atom. The summed E-state index contributed by atoms with van der Waals surface area (Å²) in [5, 5.41) is 3.49. The van der Waals surface area contributed by atoms with Gasteiger partial charge in [-0.25, -0.2) is 0 Å². The van der Waals surface area contributed by atoms with Crippen LogP contribution >= 0.6 is 36.4 Å². The van der Waals surface area contributed by atoms with Crippen LogP contribution in [-0.4, -0.2) is 30.6 Å². The van der Waals surface area contributed by atoms with Crippen LogP contribution in [0.15, 0.2) is 0 Å². The first-order valence-corrected chi connectivity index (χ1v) is 12.3. The van der Waals surface area contributed by atoms with Gasteiger partial charge in [0.2, 0.25) is 0 Å². The van der Waals surface area contributed by atoms with Gasteiger partial charge in [-0.1, -0.05) is 34.6 Å². The summed E-state index contributed by atoms with van der Waals surface area (Å²) in [6.07, 6.45) is 2.64. The Morgan fingerprint density at radius 1 is 1.06 bits per heavy atom. The van der Waals surface area contributed by atoms with E-state index in [9.17, 15) is 0 Å². The van der Waals surface area contributed by atoms with E-state index in [2.05, 4.69) is 68.4 Å². The summed E-state index contributed by atoms with van der Waals surface area (Å²) in [6, 6.07) is 0. The monoisotopic (exact) mass is 419 g/mol. The average Bonchev–Trinajstić information content (AvgIpc) is 2.17. The molecule has 5 heteroatoms. The van der Waals surface area contributed by atoms with Crippen LogP contribution in [0.3, 0.4) is 0 Å². The average molecular weight is 422 g/mol. The van der Waals surface area contributed by atoms with E-state index >= 15 is 0 Å². The molecular formula is C11H26Br2NNiP. The number of rotatable bonds is 7. The van der Waals surface area contributed by atoms with Crippen LogP contribution in [0.4, 0.5) is 0 Å². The Morgan fingerprint density at radius 2 is 1.50 bits per heavy atom. The summed E-state index contributed by atoms with van der Waals surface area (Å²) in [5.41, 5.74) is 1.77. The van der Waals surface area contributed by atoms with E-state index in [4.69, 9.17) is 0 Å². The molecular weight excluding hydrogens is 396 g/mol. The third kappa shape index (κ3) is 13.9. The van der Waals surface area contributed by atoms with Gasteiger partial charge in [0.15, 0.2) is 0 Å². The number of hydrogen-bond donors (Lipinski definition) is 1. The molecule has 0 amide bonds. The summed E-state index contributed by atoms with van der Waals surface area (Å²) in [6.45, 7) is 14.1. The van der Waals surface area contributed by atoms with Crippen molar-refractivity contribution >= 4 is 36.4 Å². The second-order valence-electron chi connectivity index (χ2n) is 4.22. The molecule has 0 spiro atoms. The fraction of sp³-hybridized carbons (Fsp3) is 1.00. The molecule has 0 bridgehead atoms. The SMILES string of the molecule is CCCNCCP(C(C)C)C(C)C.[Br][Ni][Br]. The van der Waals surface area contributed by atoms with Crippen LogP contribution in [0.2, 0.25) is 0 Å². The third-order valence-corrected chi connectivity index (χ3v) is 5.69. The molecule has 0 aliphatic heterocycles. The van der Waals surface area contributed by atoms with Gasteiger partial charge >= 0.3 is 39.3 Å². The molecule has 0 aromatic heterocycles. The summed E-state index contributed by atoms with van der Waals surface area (Å²) in [5.74, 6) is 0. The van der Waals surface area contributed by atoms with Crippen LogP contribution in [0, 0.1) is 0 Å². The maximum absolute atomic E-state index is 3.49. The van der Waals surface area contributed by atoms with E-state index < -0.39 is 0 Å². The predicted octanol–water partition coefficient (Wildman–Crippen LogP) is 4.97. The molecule has 0 aromatic carbocycles. The van der Waals surface area contributed by atoms with Crippen molar-refractivity contribution in [3.8, 4) is 0 Å². The molecule has 0 saturated carbocycles. The first kappa shape index (κ1) is 20.2. The minimum absolute atomic E-state index is 0.242. The Labute approximate surface area is 123 Å². The van der Waals surface area contributed by atoms with Crippen molar-refractivity contribution in [3.63, 3.8) is 0 Å². The van der Waals surface area contributed by atoms with E-state index in [-0.39, 0.29) is 7.92 Å². The zero-order chi connectivity index (χ0) is 13.0. The molecule has 0 aliphatic carbocycles. The van der Waals surface area contributed by atoms with E-state index in [0.717, 1.165) is 11.3 Å². The van der Waals surface area contributed by atoms with Crippen molar-refractivity contribution in [2.24, 2.45) is 0 Å². The molecule has 0 aromatic rings. The summed E-state index contributed by atoms with van der Waals surface area (Å²) >= 11 is 6.00. The second kappa shape index (κ2) is 14.9. The van der Waals surface area contributed by atoms with Gasteiger partial charge in [0.25, 0.3) is 0 Å². The molecule has 0 radical (unpaired) electrons. The zero-order valence-corrected chi connectivity index (χ0v) is 16.1. The van der Waals surface area contributed by atoms with Crippen molar-refractivity contribution in [2.45, 2.75) is 52.4 Å². The number of nitrogens with one attached hydrogen (secondary N) is 1. The quantitative estimate of drug-likeness (QED) is 0.347. The molecule has 0 atom stereocenters. The van der Waals surface area contributed by atoms with Gasteiger partial charge in [0.05, 0.1) is 0 Å². The van der Waals surface area contributed by atoms with Crippen molar-refractivity contribution < 1.29 is 10.9 Å². The van der Waals surface area contributed by atoms with E-state index in [0.29, 0.717) is 0 Å². The first-order valence-electron chi connectivity index (χ1n) is 5.80. The van der Waals surface area contributed by atoms with E-state index in [1.165, 1.54) is 36.6 Å². The summed E-state index contributed by atoms with van der Waals surface area (Å²) in [4.78, 5) is 0. The van der Waals surface area contributed by atoms with E-state index in [1.807, 2.05) is 0 Å². The molecule has 0 fully saturated rings. The van der Waals surface area contributed by atoms with E-state index in [1.54, 1.807) is 0 Å². The number of halogens is 2. The van der Waals surface area contributed by atoms with Gasteiger partial charge in [0, 0.05) is 0 Å². The molecule has 0 heterocycles. The van der Waals surface area contributed by atoms with Crippen molar-refractivity contribution in [1.29, 1.82) is 0 Å². The fourth-order valence-corrected chi connectivity index (χ4v) is 4.26. The van der Waals surface area contributed by atoms with Gasteiger partial charge in [-0.05, 0) is 37.0 Å². The van der Waals surface area contributed by atoms with Crippen LogP contribution < -0.4 is 5.32 Å². The molecule has 16 heavy (non-hydrogen) atoms. The standard InChI is InChI=1S/C11H26NP.2BrH.Ni/c1-6-7-12-8-9-13(10(2)3)11(4)5;;;/h10-12H,6-9H2,1-5H3;2*1H;/q;;;+2/p-2. The Bertz CT molecular complexity index is 129. The molecule has 0 saturated heterocycles. The van der Waals surface area contributed by atoms with Crippen LogP contribution in [0.25, 0.3) is 0 Å². The predicted molar refractivity (Wildman–Crippen MR) is 83.1 cm³/mol. The Balaban J connectivity index is 0. The molecule has 0 unspecified atom stereocenters. The van der Waals surface area contributed by atoms with Crippen LogP contribution in [0.5, 0.6) is 0 Å². The van der Waals surface area contributed by atoms with Gasteiger partial charge < -0.3 is 5.32 Å². The first-order chi connectivity index (χ1) is 7.51. The Hall–Kier alpha value is 1.84. The molecule has 0 aliphatic rings. The van der Waals surface area contributed by atoms with Crippen LogP contribution in [-0.2, 0) is 10.9 Å². The topological polar surface area (TPSA) is 12.0 Å². The van der Waals surface area contributed by atoms with Gasteiger partial charge in [0.1, 0.15) is 0 Å². The normalized spacial score (nSPS) is 11.1. The van der Waals surface area contributed by atoms with Gasteiger partial charge in [-0.3, -0.25) is 0 Å². The number of hydrogen-bond acceptors (Lipinski definition) is 1. The summed E-state index contributed by atoms with van der Waals surface area (Å²) < 4.78 is 0. The second-order valence-corrected chi connectivity index (χ2v) is 12.7. The molecule has 1 N–H and O–H groups in total. The van der Waals surface area contributed by atoms with Crippen molar-refractivity contribution in [3.05, 3.63) is 0 Å². The summed E-state index contributed by atoms with van der Waals surface area (Å²) in [7, 11) is 1.49. The van der Waals surface area contributed by atoms with Gasteiger partial charge in [-0.2, -0.15) is 0 Å². The van der Waals surface area contributed by atoms with Crippen molar-refractivity contribution in [1.82, 2.24) is 5.32 Å². The minimum atomic E-state index is 0.242. The van der Waals surface area contributed by atoms with Gasteiger partial charge in [-0.15, -0.1) is 7.92 Å².